The van der Waals surface area contributed by atoms with Crippen molar-refractivity contribution < 1.29 is 17.4 Å². The van der Waals surface area contributed by atoms with Crippen LogP contribution >= 0.6 is 0 Å². The average molecular weight is 326 g/mol. The molecule has 0 saturated heterocycles. The van der Waals surface area contributed by atoms with Gasteiger partial charge >= 0.3 is 39.7 Å². The third-order valence-corrected chi connectivity index (χ3v) is 4.31. The van der Waals surface area contributed by atoms with Crippen LogP contribution in [-0.4, -0.2) is 42.5 Å². The van der Waals surface area contributed by atoms with Gasteiger partial charge in [0.25, 0.3) is 0 Å². The van der Waals surface area contributed by atoms with Crippen LogP contribution in [-0.2, 0) is 10.1 Å². The second kappa shape index (κ2) is 10.8. The summed E-state index contributed by atoms with van der Waals surface area (Å²) in [6.45, 7) is 4.23. The van der Waals surface area contributed by atoms with Crippen molar-refractivity contribution in [1.29, 1.82) is 0 Å². The maximum atomic E-state index is 10.9. The molecule has 4 nitrogen and oxygen atoms in total. The fourth-order valence-corrected chi connectivity index (χ4v) is 2.73. The van der Waals surface area contributed by atoms with E-state index in [0.29, 0.717) is 5.76 Å². The minimum atomic E-state index is -4.22. The summed E-state index contributed by atoms with van der Waals surface area (Å²) in [4.78, 5) is 0. The van der Waals surface area contributed by atoms with E-state index in [9.17, 15) is 8.42 Å². The van der Waals surface area contributed by atoms with E-state index in [4.69, 9.17) is 8.97 Å². The molecule has 0 aromatic carbocycles. The van der Waals surface area contributed by atoms with Gasteiger partial charge in [0.2, 0.25) is 5.09 Å². The first-order chi connectivity index (χ1) is 9.45. The Morgan fingerprint density at radius 1 is 1.10 bits per heavy atom. The summed E-state index contributed by atoms with van der Waals surface area (Å²) in [6.07, 6.45) is 9.78. The molecule has 21 heavy (non-hydrogen) atoms. The maximum absolute atomic E-state index is 10.9. The Bertz CT molecular complexity index is 482. The molecule has 1 atom stereocenters. The zero-order valence-corrected chi connectivity index (χ0v) is 13.3. The SMILES string of the molecule is CCCCCCCCCC(C)c1ccc(S(=O)(=O)O)o1.[NaH]. The van der Waals surface area contributed by atoms with Crippen LogP contribution in [0.3, 0.4) is 0 Å². The van der Waals surface area contributed by atoms with E-state index in [2.05, 4.69) is 6.92 Å². The molecule has 0 aliphatic rings. The predicted molar refractivity (Wildman–Crippen MR) is 86.7 cm³/mol. The Morgan fingerprint density at radius 3 is 2.19 bits per heavy atom. The first kappa shape index (κ1) is 21.2. The zero-order valence-electron chi connectivity index (χ0n) is 12.5. The van der Waals surface area contributed by atoms with Crippen LogP contribution in [0.5, 0.6) is 0 Å². The van der Waals surface area contributed by atoms with E-state index in [1.54, 1.807) is 6.07 Å². The van der Waals surface area contributed by atoms with Gasteiger partial charge in [-0.3, -0.25) is 4.55 Å². The number of hydrogen-bond donors (Lipinski definition) is 1. The summed E-state index contributed by atoms with van der Waals surface area (Å²) in [6, 6.07) is 2.95. The Morgan fingerprint density at radius 2 is 1.67 bits per heavy atom. The van der Waals surface area contributed by atoms with Gasteiger partial charge in [0.1, 0.15) is 5.76 Å². The Hall–Kier alpha value is 0.190. The van der Waals surface area contributed by atoms with Crippen molar-refractivity contribution in [3.63, 3.8) is 0 Å². The van der Waals surface area contributed by atoms with Gasteiger partial charge in [0.15, 0.2) is 0 Å². The van der Waals surface area contributed by atoms with Crippen LogP contribution < -0.4 is 0 Å². The van der Waals surface area contributed by atoms with Crippen LogP contribution in [0.2, 0.25) is 0 Å². The van der Waals surface area contributed by atoms with Crippen molar-refractivity contribution in [2.75, 3.05) is 0 Å². The minimum absolute atomic E-state index is 0. The molecule has 0 aliphatic heterocycles. The molecule has 1 aromatic rings. The molecule has 1 heterocycles. The molecule has 6 heteroatoms. The number of furan rings is 1. The first-order valence-electron chi connectivity index (χ1n) is 7.52. The van der Waals surface area contributed by atoms with E-state index in [-0.39, 0.29) is 40.6 Å². The second-order valence-corrected chi connectivity index (χ2v) is 6.80. The van der Waals surface area contributed by atoms with E-state index in [1.807, 2.05) is 6.92 Å². The van der Waals surface area contributed by atoms with Gasteiger partial charge in [0.05, 0.1) is 0 Å². The molecule has 0 bridgehead atoms. The predicted octanol–water partition coefficient (Wildman–Crippen LogP) is 4.12. The molecule has 1 aromatic heterocycles. The zero-order chi connectivity index (χ0) is 15.0. The molecule has 0 amide bonds. The van der Waals surface area contributed by atoms with Crippen molar-refractivity contribution in [3.05, 3.63) is 17.9 Å². The molecule has 0 spiro atoms. The summed E-state index contributed by atoms with van der Waals surface area (Å²) in [5.74, 6) is 0.810. The van der Waals surface area contributed by atoms with Gasteiger partial charge in [-0.15, -0.1) is 0 Å². The van der Waals surface area contributed by atoms with E-state index in [0.717, 1.165) is 12.8 Å². The van der Waals surface area contributed by atoms with Crippen molar-refractivity contribution >= 4 is 39.7 Å². The number of hydrogen-bond acceptors (Lipinski definition) is 3. The Balaban J connectivity index is 0.00000400. The van der Waals surface area contributed by atoms with E-state index < -0.39 is 10.1 Å². The summed E-state index contributed by atoms with van der Waals surface area (Å²) in [5.41, 5.74) is 0. The topological polar surface area (TPSA) is 67.5 Å². The normalized spacial score (nSPS) is 12.9. The molecule has 0 fully saturated rings. The van der Waals surface area contributed by atoms with Gasteiger partial charge in [-0.1, -0.05) is 58.8 Å². The molecule has 0 aliphatic carbocycles. The average Bonchev–Trinajstić information content (AvgIpc) is 2.87. The van der Waals surface area contributed by atoms with Crippen LogP contribution in [0, 0.1) is 0 Å². The van der Waals surface area contributed by atoms with Crippen molar-refractivity contribution in [2.24, 2.45) is 0 Å². The van der Waals surface area contributed by atoms with Gasteiger partial charge in [-0.05, 0) is 18.6 Å². The van der Waals surface area contributed by atoms with Crippen molar-refractivity contribution in [2.45, 2.75) is 76.2 Å². The van der Waals surface area contributed by atoms with Gasteiger partial charge < -0.3 is 4.42 Å². The molecule has 118 valence electrons. The Labute approximate surface area is 150 Å². The van der Waals surface area contributed by atoms with Gasteiger partial charge in [0, 0.05) is 5.92 Å². The first-order valence-corrected chi connectivity index (χ1v) is 8.96. The third-order valence-electron chi connectivity index (χ3n) is 3.58. The van der Waals surface area contributed by atoms with Gasteiger partial charge in [-0.2, -0.15) is 8.42 Å². The molecule has 0 radical (unpaired) electrons. The van der Waals surface area contributed by atoms with Gasteiger partial charge in [-0.25, -0.2) is 0 Å². The monoisotopic (exact) mass is 326 g/mol. The third kappa shape index (κ3) is 8.41. The van der Waals surface area contributed by atoms with Crippen LogP contribution in [0.4, 0.5) is 0 Å². The number of unbranched alkanes of at least 4 members (excludes halogenated alkanes) is 6. The number of rotatable bonds is 10. The van der Waals surface area contributed by atoms with E-state index >= 15 is 0 Å². The standard InChI is InChI=1S/C15H26O4S.Na.H/c1-3-4-5-6-7-8-9-10-13(2)14-11-12-15(19-14)20(16,17)18;;/h11-13H,3-10H2,1-2H3,(H,16,17,18);;. The molecule has 0 saturated carbocycles. The van der Waals surface area contributed by atoms with Crippen molar-refractivity contribution in [3.8, 4) is 0 Å². The van der Waals surface area contributed by atoms with Crippen LogP contribution in [0.1, 0.15) is 76.9 Å². The molecular weight excluding hydrogens is 299 g/mol. The summed E-state index contributed by atoms with van der Waals surface area (Å²) >= 11 is 0. The molecule has 1 N–H and O–H groups in total. The van der Waals surface area contributed by atoms with Crippen molar-refractivity contribution in [1.82, 2.24) is 0 Å². The Kier molecular flexibility index (Phi) is 10.9. The fraction of sp³-hybridized carbons (Fsp3) is 0.733. The quantitative estimate of drug-likeness (QED) is 0.399. The van der Waals surface area contributed by atoms with Crippen LogP contribution in [0.25, 0.3) is 0 Å². The molecule has 1 rings (SSSR count). The molecule has 1 unspecified atom stereocenters. The molecular formula is C15H27NaO4S. The van der Waals surface area contributed by atoms with E-state index in [1.165, 1.54) is 44.6 Å². The van der Waals surface area contributed by atoms with Crippen LogP contribution in [0.15, 0.2) is 21.6 Å². The summed E-state index contributed by atoms with van der Waals surface area (Å²) < 4.78 is 35.9. The fourth-order valence-electron chi connectivity index (χ4n) is 2.29. The summed E-state index contributed by atoms with van der Waals surface area (Å²) in [7, 11) is -4.22. The second-order valence-electron chi connectivity index (χ2n) is 5.44. The summed E-state index contributed by atoms with van der Waals surface area (Å²) in [5, 5.41) is -0.362.